The Hall–Kier alpha value is -2.88. The first-order valence-corrected chi connectivity index (χ1v) is 9.23. The van der Waals surface area contributed by atoms with Crippen LogP contribution in [-0.4, -0.2) is 29.3 Å². The average molecular weight is 380 g/mol. The molecule has 6 heteroatoms. The van der Waals surface area contributed by atoms with Crippen LogP contribution >= 0.6 is 0 Å². The predicted octanol–water partition coefficient (Wildman–Crippen LogP) is 2.85. The fourth-order valence-electron chi connectivity index (χ4n) is 3.20. The molecule has 2 N–H and O–H groups in total. The first-order chi connectivity index (χ1) is 13.4. The summed E-state index contributed by atoms with van der Waals surface area (Å²) in [6.07, 6.45) is -0.784. The van der Waals surface area contributed by atoms with Gasteiger partial charge in [-0.3, -0.25) is 4.79 Å². The van der Waals surface area contributed by atoms with Crippen molar-refractivity contribution in [2.24, 2.45) is 0 Å². The van der Waals surface area contributed by atoms with Crippen molar-refractivity contribution >= 4 is 5.91 Å². The van der Waals surface area contributed by atoms with Crippen molar-refractivity contribution in [1.82, 2.24) is 5.32 Å². The van der Waals surface area contributed by atoms with Crippen LogP contribution in [0.1, 0.15) is 43.0 Å². The molecule has 1 heterocycles. The Labute approximate surface area is 164 Å². The van der Waals surface area contributed by atoms with E-state index in [-0.39, 0.29) is 18.9 Å². The van der Waals surface area contributed by atoms with Gasteiger partial charge in [-0.25, -0.2) is 0 Å². The molecule has 28 heavy (non-hydrogen) atoms. The van der Waals surface area contributed by atoms with Crippen LogP contribution in [0.5, 0.6) is 5.75 Å². The van der Waals surface area contributed by atoms with E-state index < -0.39 is 17.7 Å². The molecule has 0 bridgehead atoms. The minimum absolute atomic E-state index is 0.171. The SMILES string of the molecule is CC1(C)Oc2ccc(C#N)cc2[C@H](NC(=O)CCOCc2ccccc2)[C@H]1O. The van der Waals surface area contributed by atoms with Crippen molar-refractivity contribution in [2.45, 2.75) is 44.6 Å². The summed E-state index contributed by atoms with van der Waals surface area (Å²) in [4.78, 5) is 12.4. The molecule has 1 aliphatic rings. The van der Waals surface area contributed by atoms with E-state index in [1.165, 1.54) is 0 Å². The zero-order chi connectivity index (χ0) is 20.1. The molecule has 0 aromatic heterocycles. The van der Waals surface area contributed by atoms with Gasteiger partial charge in [0.25, 0.3) is 0 Å². The lowest BCUT2D eigenvalue weighted by Crippen LogP contribution is -2.53. The Kier molecular flexibility index (Phi) is 5.98. The molecule has 3 rings (SSSR count). The summed E-state index contributed by atoms with van der Waals surface area (Å²) in [5.41, 5.74) is 1.22. The Morgan fingerprint density at radius 3 is 2.75 bits per heavy atom. The molecule has 1 amide bonds. The molecule has 0 spiro atoms. The average Bonchev–Trinajstić information content (AvgIpc) is 2.69. The molecule has 1 aliphatic heterocycles. The van der Waals surface area contributed by atoms with Crippen LogP contribution in [0, 0.1) is 11.3 Å². The highest BCUT2D eigenvalue weighted by Crippen LogP contribution is 2.40. The monoisotopic (exact) mass is 380 g/mol. The molecule has 2 atom stereocenters. The summed E-state index contributed by atoms with van der Waals surface area (Å²) in [5, 5.41) is 22.8. The molecule has 0 unspecified atom stereocenters. The summed E-state index contributed by atoms with van der Waals surface area (Å²) >= 11 is 0. The second-order valence-electron chi connectivity index (χ2n) is 7.35. The van der Waals surface area contributed by atoms with Crippen molar-refractivity contribution in [2.75, 3.05) is 6.61 Å². The number of aliphatic hydroxyl groups excluding tert-OH is 1. The van der Waals surface area contributed by atoms with Gasteiger partial charge in [-0.2, -0.15) is 5.26 Å². The summed E-state index contributed by atoms with van der Waals surface area (Å²) in [6.45, 7) is 4.24. The number of amides is 1. The number of fused-ring (bicyclic) bond motifs is 1. The van der Waals surface area contributed by atoms with E-state index in [1.54, 1.807) is 32.0 Å². The van der Waals surface area contributed by atoms with Gasteiger partial charge in [0, 0.05) is 12.0 Å². The highest BCUT2D eigenvalue weighted by molar-refractivity contribution is 5.77. The van der Waals surface area contributed by atoms with Crippen LogP contribution in [0.2, 0.25) is 0 Å². The van der Waals surface area contributed by atoms with Crippen molar-refractivity contribution in [1.29, 1.82) is 5.26 Å². The molecule has 0 radical (unpaired) electrons. The summed E-state index contributed by atoms with van der Waals surface area (Å²) in [7, 11) is 0. The van der Waals surface area contributed by atoms with Gasteiger partial charge >= 0.3 is 0 Å². The molecular formula is C22H24N2O4. The van der Waals surface area contributed by atoms with Crippen LogP contribution in [0.15, 0.2) is 48.5 Å². The largest absolute Gasteiger partial charge is 0.485 e. The van der Waals surface area contributed by atoms with Crippen molar-refractivity contribution in [3.63, 3.8) is 0 Å². The molecule has 0 aliphatic carbocycles. The number of nitrogens with zero attached hydrogens (tertiary/aromatic N) is 1. The normalized spacial score (nSPS) is 19.8. The van der Waals surface area contributed by atoms with E-state index in [9.17, 15) is 9.90 Å². The van der Waals surface area contributed by atoms with Gasteiger partial charge in [-0.15, -0.1) is 0 Å². The van der Waals surface area contributed by atoms with Crippen LogP contribution in [-0.2, 0) is 16.1 Å². The van der Waals surface area contributed by atoms with Gasteiger partial charge in [0.1, 0.15) is 17.5 Å². The molecule has 6 nitrogen and oxygen atoms in total. The number of rotatable bonds is 6. The quantitative estimate of drug-likeness (QED) is 0.752. The first-order valence-electron chi connectivity index (χ1n) is 9.23. The smallest absolute Gasteiger partial charge is 0.222 e. The summed E-state index contributed by atoms with van der Waals surface area (Å²) < 4.78 is 11.4. The van der Waals surface area contributed by atoms with Crippen LogP contribution < -0.4 is 10.1 Å². The zero-order valence-electron chi connectivity index (χ0n) is 16.0. The number of nitriles is 1. The number of carbonyl (C=O) groups excluding carboxylic acids is 1. The van der Waals surface area contributed by atoms with Crippen LogP contribution in [0.25, 0.3) is 0 Å². The van der Waals surface area contributed by atoms with Crippen molar-refractivity contribution in [3.8, 4) is 11.8 Å². The highest BCUT2D eigenvalue weighted by Gasteiger charge is 2.43. The number of carbonyl (C=O) groups is 1. The van der Waals surface area contributed by atoms with Gasteiger partial charge in [0.05, 0.1) is 30.9 Å². The minimum Gasteiger partial charge on any atom is -0.485 e. The summed E-state index contributed by atoms with van der Waals surface area (Å²) in [5.74, 6) is 0.322. The standard InChI is InChI=1S/C22H24N2O4/c1-22(2)21(26)20(17-12-16(13-23)8-9-18(17)28-22)24-19(25)10-11-27-14-15-6-4-3-5-7-15/h3-9,12,20-21,26H,10-11,14H2,1-2H3,(H,24,25)/t20-,21+/m0/s1. The van der Waals surface area contributed by atoms with E-state index in [0.717, 1.165) is 5.56 Å². The number of ether oxygens (including phenoxy) is 2. The molecule has 146 valence electrons. The lowest BCUT2D eigenvalue weighted by atomic mass is 9.86. The third kappa shape index (κ3) is 4.50. The number of nitrogens with one attached hydrogen (secondary N) is 1. The van der Waals surface area contributed by atoms with Gasteiger partial charge in [0.15, 0.2) is 0 Å². The number of aliphatic hydroxyl groups is 1. The number of hydrogen-bond donors (Lipinski definition) is 2. The maximum absolute atomic E-state index is 12.4. The molecular weight excluding hydrogens is 356 g/mol. The van der Waals surface area contributed by atoms with Gasteiger partial charge in [-0.1, -0.05) is 30.3 Å². The zero-order valence-corrected chi connectivity index (χ0v) is 16.0. The predicted molar refractivity (Wildman–Crippen MR) is 103 cm³/mol. The van der Waals surface area contributed by atoms with Gasteiger partial charge < -0.3 is 19.9 Å². The second kappa shape index (κ2) is 8.42. The minimum atomic E-state index is -0.955. The Balaban J connectivity index is 1.63. The fourth-order valence-corrected chi connectivity index (χ4v) is 3.20. The molecule has 2 aromatic rings. The number of hydrogen-bond acceptors (Lipinski definition) is 5. The van der Waals surface area contributed by atoms with E-state index in [4.69, 9.17) is 14.7 Å². The Morgan fingerprint density at radius 2 is 2.04 bits per heavy atom. The molecule has 0 fully saturated rings. The topological polar surface area (TPSA) is 91.6 Å². The van der Waals surface area contributed by atoms with E-state index >= 15 is 0 Å². The third-order valence-corrected chi connectivity index (χ3v) is 4.78. The van der Waals surface area contributed by atoms with E-state index in [2.05, 4.69) is 11.4 Å². The van der Waals surface area contributed by atoms with Gasteiger partial charge in [0.2, 0.25) is 5.91 Å². The maximum atomic E-state index is 12.4. The van der Waals surface area contributed by atoms with Crippen molar-refractivity contribution in [3.05, 3.63) is 65.2 Å². The molecule has 2 aromatic carbocycles. The lowest BCUT2D eigenvalue weighted by Gasteiger charge is -2.42. The Bertz CT molecular complexity index is 874. The molecule has 0 saturated heterocycles. The second-order valence-corrected chi connectivity index (χ2v) is 7.35. The number of benzene rings is 2. The maximum Gasteiger partial charge on any atom is 0.222 e. The van der Waals surface area contributed by atoms with Crippen LogP contribution in [0.4, 0.5) is 0 Å². The third-order valence-electron chi connectivity index (χ3n) is 4.78. The first kappa shape index (κ1) is 19.9. The molecule has 0 saturated carbocycles. The van der Waals surface area contributed by atoms with E-state index in [0.29, 0.717) is 23.5 Å². The highest BCUT2D eigenvalue weighted by atomic mass is 16.5. The van der Waals surface area contributed by atoms with Crippen molar-refractivity contribution < 1.29 is 19.4 Å². The van der Waals surface area contributed by atoms with Gasteiger partial charge in [-0.05, 0) is 37.6 Å². The fraction of sp³-hybridized carbons (Fsp3) is 0.364. The summed E-state index contributed by atoms with van der Waals surface area (Å²) in [6, 6.07) is 16.1. The lowest BCUT2D eigenvalue weighted by molar-refractivity contribution is -0.126. The Morgan fingerprint density at radius 1 is 1.29 bits per heavy atom. The van der Waals surface area contributed by atoms with E-state index in [1.807, 2.05) is 30.3 Å². The van der Waals surface area contributed by atoms with Crippen LogP contribution in [0.3, 0.4) is 0 Å².